The summed E-state index contributed by atoms with van der Waals surface area (Å²) >= 11 is 0. The molecule has 0 saturated heterocycles. The maximum absolute atomic E-state index is 8.80. The topological polar surface area (TPSA) is 55.2 Å². The van der Waals surface area contributed by atoms with Gasteiger partial charge in [0.05, 0.1) is 0 Å². The molecule has 0 radical (unpaired) electrons. The summed E-state index contributed by atoms with van der Waals surface area (Å²) in [6.45, 7) is 5.81. The maximum Gasteiger partial charge on any atom is 0.316 e. The van der Waals surface area contributed by atoms with Crippen molar-refractivity contribution in [2.45, 2.75) is 32.8 Å². The number of rotatable bonds is 4. The lowest BCUT2D eigenvalue weighted by atomic mass is 10.1. The fourth-order valence-corrected chi connectivity index (χ4v) is 1.00. The van der Waals surface area contributed by atoms with E-state index in [0.717, 1.165) is 5.56 Å². The Balaban J connectivity index is 2.64. The predicted molar refractivity (Wildman–Crippen MR) is 53.2 cm³/mol. The smallest absolute Gasteiger partial charge is 0.316 e. The first kappa shape index (κ1) is 10.9. The highest BCUT2D eigenvalue weighted by molar-refractivity contribution is 5.05. The van der Waals surface area contributed by atoms with E-state index in [0.29, 0.717) is 12.4 Å². The summed E-state index contributed by atoms with van der Waals surface area (Å²) in [5, 5.41) is 8.80. The molecule has 1 aromatic rings. The average Bonchev–Trinajstić information content (AvgIpc) is 2.08. The molecular formula is C10H16N2O2. The van der Waals surface area contributed by atoms with Crippen LogP contribution >= 0.6 is 0 Å². The zero-order valence-corrected chi connectivity index (χ0v) is 8.82. The summed E-state index contributed by atoms with van der Waals surface area (Å²) in [7, 11) is 0. The molecule has 0 saturated carbocycles. The van der Waals surface area contributed by atoms with Gasteiger partial charge in [-0.15, -0.1) is 0 Å². The number of nitrogens with zero attached hydrogens (tertiary/aromatic N) is 2. The third-order valence-corrected chi connectivity index (χ3v) is 1.84. The van der Waals surface area contributed by atoms with Crippen LogP contribution in [-0.4, -0.2) is 27.3 Å². The summed E-state index contributed by atoms with van der Waals surface area (Å²) in [5.74, 6) is 0. The van der Waals surface area contributed by atoms with Crippen LogP contribution in [0.5, 0.6) is 6.01 Å². The van der Waals surface area contributed by atoms with Crippen LogP contribution in [-0.2, 0) is 0 Å². The van der Waals surface area contributed by atoms with Gasteiger partial charge < -0.3 is 9.84 Å². The Labute approximate surface area is 84.0 Å². The molecule has 0 bridgehead atoms. The van der Waals surface area contributed by atoms with Crippen LogP contribution in [0.15, 0.2) is 12.4 Å². The first-order chi connectivity index (χ1) is 6.53. The first-order valence-corrected chi connectivity index (χ1v) is 4.62. The molecule has 0 amide bonds. The fourth-order valence-electron chi connectivity index (χ4n) is 1.00. The Hall–Kier alpha value is -1.16. The normalized spacial score (nSPS) is 11.4. The van der Waals surface area contributed by atoms with Gasteiger partial charge in [-0.2, -0.15) is 0 Å². The number of hydrogen-bond donors (Lipinski definition) is 1. The van der Waals surface area contributed by atoms with Gasteiger partial charge in [0.2, 0.25) is 0 Å². The van der Waals surface area contributed by atoms with E-state index in [1.165, 1.54) is 0 Å². The van der Waals surface area contributed by atoms with E-state index in [-0.39, 0.29) is 6.61 Å². The van der Waals surface area contributed by atoms with E-state index < -0.39 is 5.60 Å². The van der Waals surface area contributed by atoms with Crippen LogP contribution in [0.3, 0.4) is 0 Å². The van der Waals surface area contributed by atoms with E-state index in [1.807, 2.05) is 20.8 Å². The molecule has 4 nitrogen and oxygen atoms in total. The standard InChI is InChI=1S/C10H16N2O2/c1-8-6-11-9(12-7-8)14-10(2,3)4-5-13/h6-7,13H,4-5H2,1-3H3. The molecular weight excluding hydrogens is 180 g/mol. The van der Waals surface area contributed by atoms with Gasteiger partial charge in [-0.25, -0.2) is 9.97 Å². The van der Waals surface area contributed by atoms with Gasteiger partial charge in [0.1, 0.15) is 5.60 Å². The van der Waals surface area contributed by atoms with Gasteiger partial charge in [-0.3, -0.25) is 0 Å². The lowest BCUT2D eigenvalue weighted by Crippen LogP contribution is -2.30. The van der Waals surface area contributed by atoms with Crippen molar-refractivity contribution in [1.29, 1.82) is 0 Å². The summed E-state index contributed by atoms with van der Waals surface area (Å²) in [4.78, 5) is 8.06. The molecule has 0 fully saturated rings. The highest BCUT2D eigenvalue weighted by Gasteiger charge is 2.20. The van der Waals surface area contributed by atoms with Gasteiger partial charge in [-0.1, -0.05) is 0 Å². The van der Waals surface area contributed by atoms with Gasteiger partial charge in [0.15, 0.2) is 0 Å². The molecule has 0 aliphatic carbocycles. The van der Waals surface area contributed by atoms with Crippen molar-refractivity contribution in [2.75, 3.05) is 6.61 Å². The summed E-state index contributed by atoms with van der Waals surface area (Å²) in [6.07, 6.45) is 3.97. The van der Waals surface area contributed by atoms with E-state index in [9.17, 15) is 0 Å². The molecule has 1 heterocycles. The molecule has 1 aromatic heterocycles. The molecule has 0 atom stereocenters. The second-order valence-corrected chi connectivity index (χ2v) is 3.88. The minimum atomic E-state index is -0.427. The molecule has 1 N–H and O–H groups in total. The third kappa shape index (κ3) is 3.30. The predicted octanol–water partition coefficient (Wildman–Crippen LogP) is 1.32. The zero-order chi connectivity index (χ0) is 10.6. The minimum Gasteiger partial charge on any atom is -0.457 e. The molecule has 1 rings (SSSR count). The number of aromatic nitrogens is 2. The summed E-state index contributed by atoms with van der Waals surface area (Å²) < 4.78 is 5.52. The Kier molecular flexibility index (Phi) is 3.41. The third-order valence-electron chi connectivity index (χ3n) is 1.84. The molecule has 0 aromatic carbocycles. The van der Waals surface area contributed by atoms with E-state index in [4.69, 9.17) is 9.84 Å². The SMILES string of the molecule is Cc1cnc(OC(C)(C)CCO)nc1. The van der Waals surface area contributed by atoms with E-state index >= 15 is 0 Å². The molecule has 78 valence electrons. The highest BCUT2D eigenvalue weighted by atomic mass is 16.5. The van der Waals surface area contributed by atoms with Crippen molar-refractivity contribution in [2.24, 2.45) is 0 Å². The molecule has 0 spiro atoms. The van der Waals surface area contributed by atoms with Crippen molar-refractivity contribution in [3.8, 4) is 6.01 Å². The monoisotopic (exact) mass is 196 g/mol. The highest BCUT2D eigenvalue weighted by Crippen LogP contribution is 2.16. The van der Waals surface area contributed by atoms with Crippen molar-refractivity contribution in [3.05, 3.63) is 18.0 Å². The van der Waals surface area contributed by atoms with Crippen LogP contribution in [0, 0.1) is 6.92 Å². The summed E-state index contributed by atoms with van der Waals surface area (Å²) in [6, 6.07) is 0.356. The van der Waals surface area contributed by atoms with E-state index in [1.54, 1.807) is 12.4 Å². The largest absolute Gasteiger partial charge is 0.457 e. The second-order valence-electron chi connectivity index (χ2n) is 3.88. The van der Waals surface area contributed by atoms with Crippen LogP contribution in [0.4, 0.5) is 0 Å². The lowest BCUT2D eigenvalue weighted by molar-refractivity contribution is 0.0664. The molecule has 0 unspecified atom stereocenters. The van der Waals surface area contributed by atoms with Gasteiger partial charge in [0, 0.05) is 25.4 Å². The minimum absolute atomic E-state index is 0.0961. The van der Waals surface area contributed by atoms with Crippen LogP contribution in [0.1, 0.15) is 25.8 Å². The molecule has 4 heteroatoms. The van der Waals surface area contributed by atoms with Crippen LogP contribution in [0.25, 0.3) is 0 Å². The zero-order valence-electron chi connectivity index (χ0n) is 8.82. The van der Waals surface area contributed by atoms with Crippen molar-refractivity contribution >= 4 is 0 Å². The van der Waals surface area contributed by atoms with Crippen molar-refractivity contribution in [3.63, 3.8) is 0 Å². The molecule has 14 heavy (non-hydrogen) atoms. The molecule has 0 aliphatic rings. The van der Waals surface area contributed by atoms with Gasteiger partial charge in [0.25, 0.3) is 0 Å². The lowest BCUT2D eigenvalue weighted by Gasteiger charge is -2.23. The number of aliphatic hydroxyl groups is 1. The Morgan fingerprint density at radius 2 is 1.93 bits per heavy atom. The molecule has 0 aliphatic heterocycles. The van der Waals surface area contributed by atoms with Crippen LogP contribution in [0.2, 0.25) is 0 Å². The number of aryl methyl sites for hydroxylation is 1. The van der Waals surface area contributed by atoms with Gasteiger partial charge >= 0.3 is 6.01 Å². The van der Waals surface area contributed by atoms with Gasteiger partial charge in [-0.05, 0) is 26.3 Å². The Morgan fingerprint density at radius 3 is 2.43 bits per heavy atom. The van der Waals surface area contributed by atoms with Crippen molar-refractivity contribution in [1.82, 2.24) is 9.97 Å². The second kappa shape index (κ2) is 4.37. The first-order valence-electron chi connectivity index (χ1n) is 4.62. The quantitative estimate of drug-likeness (QED) is 0.789. The Morgan fingerprint density at radius 1 is 1.36 bits per heavy atom. The number of ether oxygens (including phenoxy) is 1. The average molecular weight is 196 g/mol. The number of aliphatic hydroxyl groups excluding tert-OH is 1. The summed E-state index contributed by atoms with van der Waals surface area (Å²) in [5.41, 5.74) is 0.571. The van der Waals surface area contributed by atoms with Crippen molar-refractivity contribution < 1.29 is 9.84 Å². The maximum atomic E-state index is 8.80. The van der Waals surface area contributed by atoms with E-state index in [2.05, 4.69) is 9.97 Å². The fraction of sp³-hybridized carbons (Fsp3) is 0.600. The number of hydrogen-bond acceptors (Lipinski definition) is 4. The Bertz CT molecular complexity index is 283. The van der Waals surface area contributed by atoms with Crippen LogP contribution < -0.4 is 4.74 Å².